The largest absolute Gasteiger partial charge is 0.407 e. The highest BCUT2D eigenvalue weighted by Crippen LogP contribution is 2.36. The van der Waals surface area contributed by atoms with Gasteiger partial charge in [-0.2, -0.15) is 13.2 Å². The molecule has 2 heterocycles. The maximum absolute atomic E-state index is 14.5. The first kappa shape index (κ1) is 29.4. The lowest BCUT2D eigenvalue weighted by Gasteiger charge is -2.33. The third-order valence-corrected chi connectivity index (χ3v) is 8.25. The first-order chi connectivity index (χ1) is 18.2. The Kier molecular flexibility index (Phi) is 8.42. The van der Waals surface area contributed by atoms with E-state index in [2.05, 4.69) is 5.32 Å². The van der Waals surface area contributed by atoms with Crippen LogP contribution in [0.5, 0.6) is 0 Å². The Morgan fingerprint density at radius 2 is 1.67 bits per heavy atom. The van der Waals surface area contributed by atoms with E-state index in [9.17, 15) is 35.9 Å². The number of likely N-dealkylation sites (tertiary alicyclic amines) is 1. The molecule has 2 aliphatic heterocycles. The molecule has 2 aromatic rings. The van der Waals surface area contributed by atoms with Crippen LogP contribution in [0.3, 0.4) is 0 Å². The summed E-state index contributed by atoms with van der Waals surface area (Å²) in [6.07, 6.45) is -7.25. The van der Waals surface area contributed by atoms with Crippen LogP contribution >= 0.6 is 0 Å². The zero-order valence-corrected chi connectivity index (χ0v) is 22.5. The van der Waals surface area contributed by atoms with Crippen molar-refractivity contribution in [2.75, 3.05) is 19.4 Å². The highest BCUT2D eigenvalue weighted by molar-refractivity contribution is 7.90. The third-order valence-electron chi connectivity index (χ3n) is 7.12. The van der Waals surface area contributed by atoms with Crippen LogP contribution in [0.1, 0.15) is 31.9 Å². The quantitative estimate of drug-likeness (QED) is 0.469. The lowest BCUT2D eigenvalue weighted by molar-refractivity contribution is -0.163. The molecule has 0 unspecified atom stereocenters. The van der Waals surface area contributed by atoms with Crippen molar-refractivity contribution in [3.63, 3.8) is 0 Å². The fourth-order valence-corrected chi connectivity index (χ4v) is 5.87. The number of ether oxygens (including phenoxy) is 1. The Labute approximate surface area is 225 Å². The first-order valence-corrected chi connectivity index (χ1v) is 14.5. The average Bonchev–Trinajstić information content (AvgIpc) is 3.40. The van der Waals surface area contributed by atoms with Gasteiger partial charge in [0.2, 0.25) is 5.91 Å². The van der Waals surface area contributed by atoms with Crippen LogP contribution in [-0.2, 0) is 19.4 Å². The van der Waals surface area contributed by atoms with E-state index in [1.165, 1.54) is 36.4 Å². The first-order valence-electron chi connectivity index (χ1n) is 12.6. The zero-order chi connectivity index (χ0) is 28.7. The van der Waals surface area contributed by atoms with Gasteiger partial charge in [-0.25, -0.2) is 12.8 Å². The summed E-state index contributed by atoms with van der Waals surface area (Å²) in [5, 5.41) is 12.7. The van der Waals surface area contributed by atoms with Gasteiger partial charge in [0.05, 0.1) is 30.1 Å². The minimum atomic E-state index is -4.75. The van der Waals surface area contributed by atoms with Gasteiger partial charge in [-0.15, -0.1) is 0 Å². The molecule has 7 nitrogen and oxygen atoms in total. The highest BCUT2D eigenvalue weighted by atomic mass is 32.2. The molecule has 2 fully saturated rings. The molecule has 6 atom stereocenters. The molecule has 39 heavy (non-hydrogen) atoms. The van der Waals surface area contributed by atoms with Gasteiger partial charge in [0, 0.05) is 6.26 Å². The van der Waals surface area contributed by atoms with E-state index in [4.69, 9.17) is 4.74 Å². The van der Waals surface area contributed by atoms with Crippen molar-refractivity contribution in [1.29, 1.82) is 0 Å². The molecule has 0 saturated carbocycles. The third kappa shape index (κ3) is 6.45. The molecule has 0 aliphatic carbocycles. The van der Waals surface area contributed by atoms with Gasteiger partial charge in [0.1, 0.15) is 24.4 Å². The molecule has 214 valence electrons. The number of aliphatic hydroxyl groups is 1. The van der Waals surface area contributed by atoms with Crippen LogP contribution in [0.2, 0.25) is 0 Å². The molecule has 0 bridgehead atoms. The fraction of sp³-hybridized carbons (Fsp3) is 0.519. The predicted octanol–water partition coefficient (Wildman–Crippen LogP) is 3.67. The molecule has 2 aromatic carbocycles. The molecule has 4 rings (SSSR count). The monoisotopic (exact) mass is 572 g/mol. The van der Waals surface area contributed by atoms with Gasteiger partial charge in [-0.3, -0.25) is 10.1 Å². The summed E-state index contributed by atoms with van der Waals surface area (Å²) in [7, 11) is -3.39. The van der Waals surface area contributed by atoms with Gasteiger partial charge in [0.15, 0.2) is 9.84 Å². The number of nitrogens with one attached hydrogen (secondary N) is 1. The molecular formula is C27H32F4N2O5S. The molecule has 0 radical (unpaired) electrons. The SMILES string of the molecule is CC(C)C[C@H](N[C@H](c1ccc(-c2ccc(S(C)(=O)=O)cc2)cc1)C(F)(F)F)C(=O)N1C[C@H](F)[C@H]2OC[C@H](O)[C@H]21. The predicted molar refractivity (Wildman–Crippen MR) is 136 cm³/mol. The number of fused-ring (bicyclic) bond motifs is 1. The van der Waals surface area contributed by atoms with E-state index in [0.29, 0.717) is 11.1 Å². The van der Waals surface area contributed by atoms with Crippen LogP contribution in [-0.4, -0.2) is 80.4 Å². The zero-order valence-electron chi connectivity index (χ0n) is 21.7. The summed E-state index contributed by atoms with van der Waals surface area (Å²) in [6.45, 7) is 3.04. The Bertz CT molecular complexity index is 1270. The summed E-state index contributed by atoms with van der Waals surface area (Å²) >= 11 is 0. The number of benzene rings is 2. The van der Waals surface area contributed by atoms with Crippen molar-refractivity contribution in [3.05, 3.63) is 54.1 Å². The van der Waals surface area contributed by atoms with Crippen LogP contribution in [0.4, 0.5) is 17.6 Å². The summed E-state index contributed by atoms with van der Waals surface area (Å²) in [4.78, 5) is 14.7. The number of alkyl halides is 4. The van der Waals surface area contributed by atoms with Gasteiger partial charge in [-0.05, 0) is 41.2 Å². The van der Waals surface area contributed by atoms with Crippen molar-refractivity contribution < 1.29 is 40.6 Å². The number of sulfone groups is 1. The number of amides is 1. The second kappa shape index (κ2) is 11.1. The fourth-order valence-electron chi connectivity index (χ4n) is 5.23. The van der Waals surface area contributed by atoms with E-state index in [0.717, 1.165) is 11.2 Å². The number of carbonyl (C=O) groups is 1. The van der Waals surface area contributed by atoms with Crippen LogP contribution < -0.4 is 5.32 Å². The van der Waals surface area contributed by atoms with E-state index < -0.39 is 58.4 Å². The smallest absolute Gasteiger partial charge is 0.388 e. The van der Waals surface area contributed by atoms with Gasteiger partial charge in [-0.1, -0.05) is 50.2 Å². The van der Waals surface area contributed by atoms with Crippen LogP contribution in [0, 0.1) is 5.92 Å². The summed E-state index contributed by atoms with van der Waals surface area (Å²) < 4.78 is 86.0. The normalized spacial score (nSPS) is 25.1. The molecular weight excluding hydrogens is 540 g/mol. The van der Waals surface area contributed by atoms with Crippen molar-refractivity contribution in [2.45, 2.75) is 67.8 Å². The van der Waals surface area contributed by atoms with E-state index >= 15 is 0 Å². The molecule has 0 spiro atoms. The van der Waals surface area contributed by atoms with E-state index in [-0.39, 0.29) is 35.9 Å². The molecule has 2 aliphatic rings. The molecule has 0 aromatic heterocycles. The number of nitrogens with zero attached hydrogens (tertiary/aromatic N) is 1. The van der Waals surface area contributed by atoms with Gasteiger partial charge >= 0.3 is 6.18 Å². The second-order valence-corrected chi connectivity index (χ2v) is 12.6. The number of halogens is 4. The standard InChI is InChI=1S/C27H32F4N2O5S/c1-15(2)12-21(26(35)33-13-20(28)24-23(33)22(34)14-38-24)32-25(27(29,30)31)18-6-4-16(5-7-18)17-8-10-19(11-9-17)39(3,36)37/h4-11,15,20-25,32,34H,12-14H2,1-3H3/t20-,21-,22-,23+,24+,25+/m0/s1. The van der Waals surface area contributed by atoms with Gasteiger partial charge in [0.25, 0.3) is 0 Å². The van der Waals surface area contributed by atoms with Crippen LogP contribution in [0.25, 0.3) is 11.1 Å². The lowest BCUT2D eigenvalue weighted by atomic mass is 9.97. The molecule has 1 amide bonds. The number of aliphatic hydroxyl groups excluding tert-OH is 1. The molecule has 2 saturated heterocycles. The molecule has 12 heteroatoms. The number of rotatable bonds is 8. The van der Waals surface area contributed by atoms with E-state index in [1.54, 1.807) is 26.0 Å². The van der Waals surface area contributed by atoms with Gasteiger partial charge < -0.3 is 14.7 Å². The maximum atomic E-state index is 14.5. The second-order valence-electron chi connectivity index (χ2n) is 10.6. The Hall–Kier alpha value is -2.54. The van der Waals surface area contributed by atoms with Crippen molar-refractivity contribution >= 4 is 15.7 Å². The summed E-state index contributed by atoms with van der Waals surface area (Å²) in [5.74, 6) is -0.859. The van der Waals surface area contributed by atoms with Crippen molar-refractivity contribution in [1.82, 2.24) is 10.2 Å². The van der Waals surface area contributed by atoms with Crippen molar-refractivity contribution in [3.8, 4) is 11.1 Å². The molecule has 2 N–H and O–H groups in total. The lowest BCUT2D eigenvalue weighted by Crippen LogP contribution is -2.54. The number of hydrogen-bond donors (Lipinski definition) is 2. The number of carbonyl (C=O) groups excluding carboxylic acids is 1. The summed E-state index contributed by atoms with van der Waals surface area (Å²) in [5.41, 5.74) is 1.09. The Morgan fingerprint density at radius 1 is 1.10 bits per heavy atom. The van der Waals surface area contributed by atoms with Crippen LogP contribution in [0.15, 0.2) is 53.4 Å². The minimum Gasteiger partial charge on any atom is -0.388 e. The van der Waals surface area contributed by atoms with E-state index in [1.807, 2.05) is 0 Å². The van der Waals surface area contributed by atoms with Crippen molar-refractivity contribution in [2.24, 2.45) is 5.92 Å². The average molecular weight is 573 g/mol. The highest BCUT2D eigenvalue weighted by Gasteiger charge is 2.54. The minimum absolute atomic E-state index is 0.0674. The summed E-state index contributed by atoms with van der Waals surface area (Å²) in [6, 6.07) is 7.20. The number of hydrogen-bond acceptors (Lipinski definition) is 6. The Morgan fingerprint density at radius 3 is 2.18 bits per heavy atom. The topological polar surface area (TPSA) is 95.9 Å². The Balaban J connectivity index is 1.58. The maximum Gasteiger partial charge on any atom is 0.407 e.